The SMILES string of the molecule is N#CCc1cc(CN)c(C(F)F)c(C#N)n1. The van der Waals surface area contributed by atoms with Crippen molar-refractivity contribution in [2.24, 2.45) is 5.73 Å². The Morgan fingerprint density at radius 1 is 1.44 bits per heavy atom. The standard InChI is InChI=1S/C10H8F2N4/c11-10(12)9-6(4-14)3-7(1-2-13)16-8(9)5-15/h3,10H,1,4,14H2. The van der Waals surface area contributed by atoms with E-state index in [4.69, 9.17) is 16.3 Å². The predicted octanol–water partition coefficient (Wildman–Crippen LogP) is 1.42. The van der Waals surface area contributed by atoms with Crippen molar-refractivity contribution in [1.82, 2.24) is 4.98 Å². The highest BCUT2D eigenvalue weighted by molar-refractivity contribution is 5.40. The highest BCUT2D eigenvalue weighted by Gasteiger charge is 2.19. The van der Waals surface area contributed by atoms with Gasteiger partial charge in [0.05, 0.1) is 23.7 Å². The average molecular weight is 222 g/mol. The minimum absolute atomic E-state index is 0.0365. The normalized spacial score (nSPS) is 9.88. The van der Waals surface area contributed by atoms with Crippen LogP contribution >= 0.6 is 0 Å². The van der Waals surface area contributed by atoms with Gasteiger partial charge in [-0.2, -0.15) is 10.5 Å². The quantitative estimate of drug-likeness (QED) is 0.837. The maximum Gasteiger partial charge on any atom is 0.266 e. The number of nitrogens with zero attached hydrogens (tertiary/aromatic N) is 3. The molecule has 1 aromatic rings. The Labute approximate surface area is 90.9 Å². The number of nitrogens with two attached hydrogens (primary N) is 1. The molecule has 0 bridgehead atoms. The number of aromatic nitrogens is 1. The minimum atomic E-state index is -2.79. The fourth-order valence-corrected chi connectivity index (χ4v) is 1.34. The maximum atomic E-state index is 12.7. The second-order valence-electron chi connectivity index (χ2n) is 2.99. The van der Waals surface area contributed by atoms with Crippen molar-refractivity contribution >= 4 is 0 Å². The first kappa shape index (κ1) is 12.0. The topological polar surface area (TPSA) is 86.5 Å². The van der Waals surface area contributed by atoms with E-state index in [1.54, 1.807) is 6.07 Å². The summed E-state index contributed by atoms with van der Waals surface area (Å²) < 4.78 is 25.3. The van der Waals surface area contributed by atoms with Crippen LogP contribution in [-0.2, 0) is 13.0 Å². The van der Waals surface area contributed by atoms with E-state index in [1.165, 1.54) is 6.07 Å². The molecular formula is C10H8F2N4. The van der Waals surface area contributed by atoms with Gasteiger partial charge in [-0.25, -0.2) is 13.8 Å². The summed E-state index contributed by atoms with van der Waals surface area (Å²) in [6.07, 6.45) is -2.83. The summed E-state index contributed by atoms with van der Waals surface area (Å²) in [5, 5.41) is 17.2. The van der Waals surface area contributed by atoms with E-state index in [0.29, 0.717) is 0 Å². The van der Waals surface area contributed by atoms with Gasteiger partial charge in [-0.3, -0.25) is 0 Å². The molecule has 0 aromatic carbocycles. The summed E-state index contributed by atoms with van der Waals surface area (Å²) in [5.41, 5.74) is 4.97. The van der Waals surface area contributed by atoms with Crippen LogP contribution in [-0.4, -0.2) is 4.98 Å². The van der Waals surface area contributed by atoms with Crippen LogP contribution in [0.3, 0.4) is 0 Å². The van der Waals surface area contributed by atoms with Crippen LogP contribution in [0.4, 0.5) is 8.78 Å². The van der Waals surface area contributed by atoms with Crippen molar-refractivity contribution in [3.8, 4) is 12.1 Å². The zero-order valence-electron chi connectivity index (χ0n) is 8.24. The number of hydrogen-bond donors (Lipinski definition) is 1. The third-order valence-corrected chi connectivity index (χ3v) is 2.00. The smallest absolute Gasteiger partial charge is 0.266 e. The van der Waals surface area contributed by atoms with E-state index in [-0.39, 0.29) is 29.9 Å². The van der Waals surface area contributed by atoms with Gasteiger partial charge in [0.1, 0.15) is 11.8 Å². The van der Waals surface area contributed by atoms with E-state index >= 15 is 0 Å². The lowest BCUT2D eigenvalue weighted by Gasteiger charge is -2.09. The Morgan fingerprint density at radius 2 is 2.12 bits per heavy atom. The van der Waals surface area contributed by atoms with Gasteiger partial charge in [-0.1, -0.05) is 0 Å². The molecule has 1 rings (SSSR count). The number of halogens is 2. The molecule has 0 atom stereocenters. The number of nitriles is 2. The van der Waals surface area contributed by atoms with Gasteiger partial charge in [0, 0.05) is 6.54 Å². The predicted molar refractivity (Wildman–Crippen MR) is 51.1 cm³/mol. The van der Waals surface area contributed by atoms with Gasteiger partial charge in [0.25, 0.3) is 6.43 Å². The van der Waals surface area contributed by atoms with Crippen LogP contribution in [0.15, 0.2) is 6.07 Å². The largest absolute Gasteiger partial charge is 0.326 e. The molecule has 0 radical (unpaired) electrons. The lowest BCUT2D eigenvalue weighted by atomic mass is 10.0. The first-order valence-electron chi connectivity index (χ1n) is 4.42. The van der Waals surface area contributed by atoms with Crippen molar-refractivity contribution in [2.75, 3.05) is 0 Å². The van der Waals surface area contributed by atoms with Crippen LogP contribution < -0.4 is 5.73 Å². The molecule has 6 heteroatoms. The maximum absolute atomic E-state index is 12.7. The van der Waals surface area contributed by atoms with Crippen molar-refractivity contribution in [3.05, 3.63) is 28.6 Å². The van der Waals surface area contributed by atoms with Crippen molar-refractivity contribution in [1.29, 1.82) is 10.5 Å². The molecule has 16 heavy (non-hydrogen) atoms. The van der Waals surface area contributed by atoms with Crippen molar-refractivity contribution < 1.29 is 8.78 Å². The molecule has 0 unspecified atom stereocenters. The fraction of sp³-hybridized carbons (Fsp3) is 0.300. The Hall–Kier alpha value is -2.05. The van der Waals surface area contributed by atoms with Crippen LogP contribution in [0.2, 0.25) is 0 Å². The molecule has 1 heterocycles. The van der Waals surface area contributed by atoms with Gasteiger partial charge in [0.15, 0.2) is 0 Å². The molecule has 0 saturated carbocycles. The Kier molecular flexibility index (Phi) is 3.87. The number of pyridine rings is 1. The van der Waals surface area contributed by atoms with Crippen LogP contribution in [0.5, 0.6) is 0 Å². The molecule has 1 aromatic heterocycles. The van der Waals surface area contributed by atoms with Gasteiger partial charge in [0.2, 0.25) is 0 Å². The van der Waals surface area contributed by atoms with Gasteiger partial charge in [-0.05, 0) is 11.6 Å². The summed E-state index contributed by atoms with van der Waals surface area (Å²) in [5.74, 6) is 0. The van der Waals surface area contributed by atoms with Gasteiger partial charge >= 0.3 is 0 Å². The minimum Gasteiger partial charge on any atom is -0.326 e. The summed E-state index contributed by atoms with van der Waals surface area (Å²) >= 11 is 0. The summed E-state index contributed by atoms with van der Waals surface area (Å²) in [6, 6.07) is 4.77. The van der Waals surface area contributed by atoms with Crippen molar-refractivity contribution in [2.45, 2.75) is 19.4 Å². The van der Waals surface area contributed by atoms with E-state index < -0.39 is 12.0 Å². The second-order valence-corrected chi connectivity index (χ2v) is 2.99. The third-order valence-electron chi connectivity index (χ3n) is 2.00. The Bertz CT molecular complexity index is 471. The average Bonchev–Trinajstić information content (AvgIpc) is 2.27. The van der Waals surface area contributed by atoms with Gasteiger partial charge in [-0.15, -0.1) is 0 Å². The van der Waals surface area contributed by atoms with E-state index in [0.717, 1.165) is 0 Å². The molecule has 0 fully saturated rings. The summed E-state index contributed by atoms with van der Waals surface area (Å²) in [6.45, 7) is -0.116. The molecule has 0 aliphatic carbocycles. The van der Waals surface area contributed by atoms with Crippen molar-refractivity contribution in [3.63, 3.8) is 0 Å². The Balaban J connectivity index is 3.39. The highest BCUT2D eigenvalue weighted by atomic mass is 19.3. The molecule has 0 aliphatic rings. The highest BCUT2D eigenvalue weighted by Crippen LogP contribution is 2.26. The molecule has 4 nitrogen and oxygen atoms in total. The fourth-order valence-electron chi connectivity index (χ4n) is 1.34. The molecule has 0 spiro atoms. The molecule has 82 valence electrons. The zero-order chi connectivity index (χ0) is 12.1. The van der Waals surface area contributed by atoms with Gasteiger partial charge < -0.3 is 5.73 Å². The Morgan fingerprint density at radius 3 is 2.56 bits per heavy atom. The number of rotatable bonds is 3. The molecule has 0 aliphatic heterocycles. The second kappa shape index (κ2) is 5.15. The zero-order valence-corrected chi connectivity index (χ0v) is 8.24. The van der Waals surface area contributed by atoms with E-state index in [2.05, 4.69) is 4.98 Å². The molecule has 0 amide bonds. The monoisotopic (exact) mass is 222 g/mol. The summed E-state index contributed by atoms with van der Waals surface area (Å²) in [7, 11) is 0. The molecular weight excluding hydrogens is 214 g/mol. The number of alkyl halides is 2. The van der Waals surface area contributed by atoms with Crippen LogP contribution in [0.25, 0.3) is 0 Å². The first-order valence-corrected chi connectivity index (χ1v) is 4.42. The number of hydrogen-bond acceptors (Lipinski definition) is 4. The van der Waals surface area contributed by atoms with E-state index in [1.807, 2.05) is 6.07 Å². The van der Waals surface area contributed by atoms with Crippen LogP contribution in [0.1, 0.15) is 28.9 Å². The van der Waals surface area contributed by atoms with Crippen LogP contribution in [0, 0.1) is 22.7 Å². The van der Waals surface area contributed by atoms with E-state index in [9.17, 15) is 8.78 Å². The third kappa shape index (κ3) is 2.30. The molecule has 0 saturated heterocycles. The summed E-state index contributed by atoms with van der Waals surface area (Å²) in [4.78, 5) is 3.69. The molecule has 2 N–H and O–H groups in total. The first-order chi connectivity index (χ1) is 7.63. The lowest BCUT2D eigenvalue weighted by Crippen LogP contribution is -2.08. The lowest BCUT2D eigenvalue weighted by molar-refractivity contribution is 0.149.